The molecular weight excluding hydrogens is 407 g/mol. The Hall–Kier alpha value is -2.78. The van der Waals surface area contributed by atoms with Crippen LogP contribution in [0.2, 0.25) is 0 Å². The van der Waals surface area contributed by atoms with E-state index in [-0.39, 0.29) is 28.5 Å². The monoisotopic (exact) mass is 423 g/mol. The molecular formula is C20H16F3NO4S. The number of hydrogen-bond acceptors (Lipinski definition) is 5. The van der Waals surface area contributed by atoms with Crippen LogP contribution in [0.5, 0.6) is 5.75 Å². The predicted molar refractivity (Wildman–Crippen MR) is 103 cm³/mol. The first-order valence-electron chi connectivity index (χ1n) is 8.51. The summed E-state index contributed by atoms with van der Waals surface area (Å²) in [6.45, 7) is 1.67. The number of alkyl halides is 3. The summed E-state index contributed by atoms with van der Waals surface area (Å²) in [4.78, 5) is 27.0. The first-order valence-corrected chi connectivity index (χ1v) is 9.49. The van der Waals surface area contributed by atoms with E-state index < -0.39 is 23.9 Å². The van der Waals surface area contributed by atoms with Gasteiger partial charge < -0.3 is 9.84 Å². The fraction of sp³-hybridized carbons (Fsp3) is 0.200. The van der Waals surface area contributed by atoms with Crippen molar-refractivity contribution in [3.8, 4) is 5.75 Å². The van der Waals surface area contributed by atoms with E-state index in [1.165, 1.54) is 12.1 Å². The molecule has 0 unspecified atom stereocenters. The smallest absolute Gasteiger partial charge is 0.406 e. The zero-order valence-corrected chi connectivity index (χ0v) is 16.0. The minimum absolute atomic E-state index is 0.0361. The van der Waals surface area contributed by atoms with Gasteiger partial charge in [-0.25, -0.2) is 4.90 Å². The number of anilines is 1. The SMILES string of the molecule is Cc1ccc(C2=C(SCCO)C(=O)N(c3cccc(OC(F)(F)F)c3)C2=O)cc1. The molecule has 2 amide bonds. The van der Waals surface area contributed by atoms with Gasteiger partial charge in [-0.05, 0) is 24.6 Å². The summed E-state index contributed by atoms with van der Waals surface area (Å²) < 4.78 is 41.4. The van der Waals surface area contributed by atoms with Gasteiger partial charge in [0.2, 0.25) is 0 Å². The molecule has 0 aliphatic carbocycles. The number of nitrogens with zero attached hydrogens (tertiary/aromatic N) is 1. The number of aliphatic hydroxyl groups excluding tert-OH is 1. The minimum atomic E-state index is -4.90. The van der Waals surface area contributed by atoms with Crippen LogP contribution in [0.3, 0.4) is 0 Å². The van der Waals surface area contributed by atoms with Crippen molar-refractivity contribution in [1.82, 2.24) is 0 Å². The number of rotatable bonds is 6. The number of ether oxygens (including phenoxy) is 1. The van der Waals surface area contributed by atoms with Crippen molar-refractivity contribution in [3.63, 3.8) is 0 Å². The van der Waals surface area contributed by atoms with Crippen LogP contribution in [0.1, 0.15) is 11.1 Å². The van der Waals surface area contributed by atoms with Crippen LogP contribution in [0.4, 0.5) is 18.9 Å². The number of aliphatic hydroxyl groups is 1. The summed E-state index contributed by atoms with van der Waals surface area (Å²) in [5.74, 6) is -1.66. The van der Waals surface area contributed by atoms with E-state index >= 15 is 0 Å². The summed E-state index contributed by atoms with van der Waals surface area (Å²) in [6, 6.07) is 11.6. The zero-order valence-electron chi connectivity index (χ0n) is 15.2. The van der Waals surface area contributed by atoms with Crippen molar-refractivity contribution < 1.29 is 32.6 Å². The van der Waals surface area contributed by atoms with Crippen molar-refractivity contribution >= 4 is 34.8 Å². The topological polar surface area (TPSA) is 66.8 Å². The number of halogens is 3. The van der Waals surface area contributed by atoms with Crippen LogP contribution in [-0.4, -0.2) is 35.6 Å². The molecule has 0 spiro atoms. The lowest BCUT2D eigenvalue weighted by Gasteiger charge is -2.17. The molecule has 29 heavy (non-hydrogen) atoms. The first-order chi connectivity index (χ1) is 13.7. The third-order valence-corrected chi connectivity index (χ3v) is 5.08. The van der Waals surface area contributed by atoms with Gasteiger partial charge in [-0.3, -0.25) is 9.59 Å². The number of amides is 2. The van der Waals surface area contributed by atoms with Crippen LogP contribution in [0.15, 0.2) is 53.4 Å². The van der Waals surface area contributed by atoms with Gasteiger partial charge in [0, 0.05) is 11.8 Å². The average Bonchev–Trinajstić information content (AvgIpc) is 2.89. The van der Waals surface area contributed by atoms with Crippen molar-refractivity contribution in [2.24, 2.45) is 0 Å². The van der Waals surface area contributed by atoms with E-state index in [1.807, 2.05) is 6.92 Å². The summed E-state index contributed by atoms with van der Waals surface area (Å²) in [5.41, 5.74) is 1.59. The van der Waals surface area contributed by atoms with Gasteiger partial charge in [0.1, 0.15) is 5.75 Å². The molecule has 9 heteroatoms. The quantitative estimate of drug-likeness (QED) is 0.714. The van der Waals surface area contributed by atoms with Crippen molar-refractivity contribution in [3.05, 3.63) is 64.6 Å². The third-order valence-electron chi connectivity index (χ3n) is 4.03. The Balaban J connectivity index is 2.01. The average molecular weight is 423 g/mol. The molecule has 2 aromatic rings. The Kier molecular flexibility index (Phi) is 5.99. The highest BCUT2D eigenvalue weighted by molar-refractivity contribution is 8.04. The highest BCUT2D eigenvalue weighted by atomic mass is 32.2. The van der Waals surface area contributed by atoms with E-state index in [4.69, 9.17) is 5.11 Å². The summed E-state index contributed by atoms with van der Waals surface area (Å²) in [6.07, 6.45) is -4.90. The van der Waals surface area contributed by atoms with Gasteiger partial charge in [-0.2, -0.15) is 0 Å². The zero-order chi connectivity index (χ0) is 21.2. The minimum Gasteiger partial charge on any atom is -0.406 e. The molecule has 3 rings (SSSR count). The molecule has 2 aromatic carbocycles. The maximum absolute atomic E-state index is 13.1. The Morgan fingerprint density at radius 2 is 1.76 bits per heavy atom. The highest BCUT2D eigenvalue weighted by Gasteiger charge is 2.40. The maximum atomic E-state index is 13.1. The van der Waals surface area contributed by atoms with E-state index in [1.54, 1.807) is 24.3 Å². The molecule has 0 saturated heterocycles. The number of aryl methyl sites for hydroxylation is 1. The normalized spacial score (nSPS) is 14.7. The van der Waals surface area contributed by atoms with Gasteiger partial charge in [-0.15, -0.1) is 24.9 Å². The van der Waals surface area contributed by atoms with Crippen molar-refractivity contribution in [1.29, 1.82) is 0 Å². The Bertz CT molecular complexity index is 970. The lowest BCUT2D eigenvalue weighted by Crippen LogP contribution is -2.31. The lowest BCUT2D eigenvalue weighted by atomic mass is 10.0. The van der Waals surface area contributed by atoms with Crippen LogP contribution < -0.4 is 9.64 Å². The molecule has 152 valence electrons. The van der Waals surface area contributed by atoms with Crippen LogP contribution >= 0.6 is 11.8 Å². The van der Waals surface area contributed by atoms with Gasteiger partial charge in [0.15, 0.2) is 0 Å². The lowest BCUT2D eigenvalue weighted by molar-refractivity contribution is -0.274. The molecule has 0 saturated carbocycles. The summed E-state index contributed by atoms with van der Waals surface area (Å²) in [7, 11) is 0. The summed E-state index contributed by atoms with van der Waals surface area (Å²) >= 11 is 1.02. The van der Waals surface area contributed by atoms with Crippen molar-refractivity contribution in [2.45, 2.75) is 13.3 Å². The second kappa shape index (κ2) is 8.30. The summed E-state index contributed by atoms with van der Waals surface area (Å²) in [5, 5.41) is 9.12. The molecule has 1 aliphatic heterocycles. The van der Waals surface area contributed by atoms with Gasteiger partial charge >= 0.3 is 6.36 Å². The molecule has 1 heterocycles. The van der Waals surface area contributed by atoms with Crippen LogP contribution in [0.25, 0.3) is 5.57 Å². The first kappa shape index (κ1) is 20.9. The number of thioether (sulfide) groups is 1. The number of carbonyl (C=O) groups excluding carboxylic acids is 2. The van der Waals surface area contributed by atoms with Crippen LogP contribution in [0, 0.1) is 6.92 Å². The van der Waals surface area contributed by atoms with E-state index in [2.05, 4.69) is 4.74 Å². The van der Waals surface area contributed by atoms with Gasteiger partial charge in [-0.1, -0.05) is 35.9 Å². The Morgan fingerprint density at radius 3 is 2.38 bits per heavy atom. The third kappa shape index (κ3) is 4.63. The van der Waals surface area contributed by atoms with Gasteiger partial charge in [0.25, 0.3) is 11.8 Å². The highest BCUT2D eigenvalue weighted by Crippen LogP contribution is 2.39. The fourth-order valence-corrected chi connectivity index (χ4v) is 3.68. The molecule has 1 aliphatic rings. The Morgan fingerprint density at radius 1 is 1.07 bits per heavy atom. The molecule has 0 bridgehead atoms. The maximum Gasteiger partial charge on any atom is 0.573 e. The number of carbonyl (C=O) groups is 2. The van der Waals surface area contributed by atoms with E-state index in [0.717, 1.165) is 34.4 Å². The fourth-order valence-electron chi connectivity index (χ4n) is 2.82. The number of benzene rings is 2. The second-order valence-corrected chi connectivity index (χ2v) is 7.24. The van der Waals surface area contributed by atoms with Crippen LogP contribution in [-0.2, 0) is 9.59 Å². The van der Waals surface area contributed by atoms with E-state index in [0.29, 0.717) is 5.56 Å². The molecule has 0 fully saturated rings. The molecule has 0 aromatic heterocycles. The van der Waals surface area contributed by atoms with Gasteiger partial charge in [0.05, 0.1) is 22.8 Å². The molecule has 1 N–H and O–H groups in total. The largest absolute Gasteiger partial charge is 0.573 e. The van der Waals surface area contributed by atoms with E-state index in [9.17, 15) is 22.8 Å². The van der Waals surface area contributed by atoms with Crippen molar-refractivity contribution in [2.75, 3.05) is 17.3 Å². The standard InChI is InChI=1S/C20H16F3NO4S/c1-12-5-7-13(8-6-12)16-17(29-10-9-25)19(27)24(18(16)26)14-3-2-4-15(11-14)28-20(21,22)23/h2-8,11,25H,9-10H2,1H3. The molecule has 0 atom stereocenters. The predicted octanol–water partition coefficient (Wildman–Crippen LogP) is 3.90. The second-order valence-electron chi connectivity index (χ2n) is 6.13. The Labute approximate surface area is 168 Å². The number of hydrogen-bond donors (Lipinski definition) is 1. The molecule has 0 radical (unpaired) electrons. The molecule has 5 nitrogen and oxygen atoms in total. The number of imide groups is 1.